The fourth-order valence-electron chi connectivity index (χ4n) is 2.86. The maximum Gasteiger partial charge on any atom is 0.326 e. The lowest BCUT2D eigenvalue weighted by atomic mass is 10.0. The van der Waals surface area contributed by atoms with Crippen molar-refractivity contribution in [3.63, 3.8) is 0 Å². The van der Waals surface area contributed by atoms with Gasteiger partial charge >= 0.3 is 5.97 Å². The number of carbonyl (C=O) groups is 6. The Balaban J connectivity index is 2.96. The third-order valence-corrected chi connectivity index (χ3v) is 4.82. The van der Waals surface area contributed by atoms with Crippen LogP contribution in [0.1, 0.15) is 31.7 Å². The lowest BCUT2D eigenvalue weighted by molar-refractivity contribution is -0.143. The van der Waals surface area contributed by atoms with E-state index in [0.717, 1.165) is 0 Å². The maximum atomic E-state index is 12.8. The zero-order valence-corrected chi connectivity index (χ0v) is 19.0. The zero-order chi connectivity index (χ0) is 26.7. The molecular weight excluding hydrogens is 464 g/mol. The molecule has 4 atom stereocenters. The van der Waals surface area contributed by atoms with E-state index in [0.29, 0.717) is 5.56 Å². The van der Waals surface area contributed by atoms with Gasteiger partial charge in [0.25, 0.3) is 0 Å². The van der Waals surface area contributed by atoms with E-state index in [-0.39, 0.29) is 25.0 Å². The third kappa shape index (κ3) is 10.5. The molecule has 1 aromatic rings. The number of phenols is 1. The van der Waals surface area contributed by atoms with Crippen molar-refractivity contribution >= 4 is 35.5 Å². The first-order valence-electron chi connectivity index (χ1n) is 10.5. The van der Waals surface area contributed by atoms with Crippen LogP contribution in [0.4, 0.5) is 0 Å². The number of carboxylic acids is 1. The van der Waals surface area contributed by atoms with Gasteiger partial charge in [0.15, 0.2) is 0 Å². The summed E-state index contributed by atoms with van der Waals surface area (Å²) in [7, 11) is 0. The number of aliphatic carboxylic acids is 1. The van der Waals surface area contributed by atoms with E-state index in [9.17, 15) is 39.0 Å². The molecule has 0 fully saturated rings. The normalized spacial score (nSPS) is 14.0. The van der Waals surface area contributed by atoms with Crippen molar-refractivity contribution in [1.29, 1.82) is 0 Å². The van der Waals surface area contributed by atoms with Gasteiger partial charge in [0.1, 0.15) is 23.9 Å². The molecule has 0 saturated carbocycles. The van der Waals surface area contributed by atoms with Gasteiger partial charge in [-0.1, -0.05) is 12.1 Å². The number of carboxylic acid groups (broad SMARTS) is 1. The molecule has 35 heavy (non-hydrogen) atoms. The topological polar surface area (TPSA) is 257 Å². The molecule has 11 N–H and O–H groups in total. The third-order valence-electron chi connectivity index (χ3n) is 4.82. The fraction of sp³-hybridized carbons (Fsp3) is 0.429. The number of phenolic OH excluding ortho intramolecular Hbond substituents is 1. The Morgan fingerprint density at radius 2 is 1.43 bits per heavy atom. The summed E-state index contributed by atoms with van der Waals surface area (Å²) >= 11 is 0. The summed E-state index contributed by atoms with van der Waals surface area (Å²) in [5.74, 6) is -5.56. The second kappa shape index (κ2) is 13.5. The first-order valence-corrected chi connectivity index (χ1v) is 10.5. The Labute approximate surface area is 200 Å². The number of rotatable bonds is 14. The molecule has 1 aromatic carbocycles. The molecule has 0 unspecified atom stereocenters. The van der Waals surface area contributed by atoms with Crippen molar-refractivity contribution in [3.05, 3.63) is 29.8 Å². The lowest BCUT2D eigenvalue weighted by Gasteiger charge is -2.23. The van der Waals surface area contributed by atoms with Crippen LogP contribution in [0.25, 0.3) is 0 Å². The Kier molecular flexibility index (Phi) is 11.1. The standard InChI is InChI=1S/C21H30N6O8/c1-10(25-19(32)13(22)6-7-16(23)29)18(31)26-14(8-11-2-4-12(28)5-3-11)20(33)27-15(21(34)35)9-17(24)30/h2-5,10,13-15,28H,6-9,22H2,1H3,(H2,23,29)(H2,24,30)(H,25,32)(H,26,31)(H,27,33)(H,34,35)/t10-,13-,14-,15-/m0/s1. The molecular formula is C21H30N6O8. The van der Waals surface area contributed by atoms with Gasteiger partial charge in [-0.05, 0) is 31.0 Å². The van der Waals surface area contributed by atoms with Crippen molar-refractivity contribution in [2.75, 3.05) is 0 Å². The van der Waals surface area contributed by atoms with Gasteiger partial charge in [0.2, 0.25) is 29.5 Å². The highest BCUT2D eigenvalue weighted by Gasteiger charge is 2.29. The van der Waals surface area contributed by atoms with E-state index in [4.69, 9.17) is 17.2 Å². The van der Waals surface area contributed by atoms with Crippen molar-refractivity contribution in [2.24, 2.45) is 17.2 Å². The van der Waals surface area contributed by atoms with Crippen LogP contribution in [0, 0.1) is 0 Å². The molecule has 5 amide bonds. The Morgan fingerprint density at radius 3 is 1.94 bits per heavy atom. The monoisotopic (exact) mass is 494 g/mol. The number of benzene rings is 1. The maximum absolute atomic E-state index is 12.8. The Bertz CT molecular complexity index is 952. The largest absolute Gasteiger partial charge is 0.508 e. The molecule has 0 heterocycles. The molecule has 0 aliphatic rings. The van der Waals surface area contributed by atoms with Gasteiger partial charge in [-0.15, -0.1) is 0 Å². The zero-order valence-electron chi connectivity index (χ0n) is 19.0. The molecule has 0 aliphatic carbocycles. The van der Waals surface area contributed by atoms with E-state index >= 15 is 0 Å². The van der Waals surface area contributed by atoms with Crippen LogP contribution in [0.2, 0.25) is 0 Å². The number of primary amides is 2. The number of nitrogens with two attached hydrogens (primary N) is 3. The molecule has 0 spiro atoms. The highest BCUT2D eigenvalue weighted by atomic mass is 16.4. The first kappa shape index (κ1) is 28.8. The molecule has 14 heteroatoms. The Hall–Kier alpha value is -4.20. The van der Waals surface area contributed by atoms with Gasteiger partial charge in [-0.25, -0.2) is 4.79 Å². The van der Waals surface area contributed by atoms with Crippen LogP contribution < -0.4 is 33.2 Å². The predicted molar refractivity (Wildman–Crippen MR) is 121 cm³/mol. The van der Waals surface area contributed by atoms with Crippen molar-refractivity contribution in [2.45, 2.75) is 56.8 Å². The van der Waals surface area contributed by atoms with E-state index in [1.807, 2.05) is 0 Å². The number of aromatic hydroxyl groups is 1. The van der Waals surface area contributed by atoms with E-state index < -0.39 is 66.1 Å². The van der Waals surface area contributed by atoms with E-state index in [2.05, 4.69) is 16.0 Å². The molecule has 0 aliphatic heterocycles. The molecule has 0 radical (unpaired) electrons. The van der Waals surface area contributed by atoms with Crippen molar-refractivity contribution in [1.82, 2.24) is 16.0 Å². The van der Waals surface area contributed by atoms with Crippen LogP contribution in [0.15, 0.2) is 24.3 Å². The summed E-state index contributed by atoms with van der Waals surface area (Å²) in [5.41, 5.74) is 16.2. The predicted octanol–water partition coefficient (Wildman–Crippen LogP) is -3.04. The summed E-state index contributed by atoms with van der Waals surface area (Å²) in [6.45, 7) is 1.33. The van der Waals surface area contributed by atoms with E-state index in [1.165, 1.54) is 31.2 Å². The molecule has 1 rings (SSSR count). The highest BCUT2D eigenvalue weighted by Crippen LogP contribution is 2.12. The SMILES string of the molecule is C[C@H](NC(=O)[C@@H](N)CCC(N)=O)C(=O)N[C@@H](Cc1ccc(O)cc1)C(=O)N[C@@H](CC(N)=O)C(=O)O. The molecule has 14 nitrogen and oxygen atoms in total. The fourth-order valence-corrected chi connectivity index (χ4v) is 2.86. The highest BCUT2D eigenvalue weighted by molar-refractivity contribution is 5.95. The van der Waals surface area contributed by atoms with Gasteiger partial charge < -0.3 is 43.4 Å². The second-order valence-corrected chi connectivity index (χ2v) is 7.84. The van der Waals surface area contributed by atoms with Gasteiger partial charge in [0, 0.05) is 12.8 Å². The molecule has 192 valence electrons. The average molecular weight is 495 g/mol. The minimum atomic E-state index is -1.63. The van der Waals surface area contributed by atoms with Gasteiger partial charge in [-0.3, -0.25) is 24.0 Å². The lowest BCUT2D eigenvalue weighted by Crippen LogP contribution is -2.57. The van der Waals surface area contributed by atoms with Gasteiger partial charge in [-0.2, -0.15) is 0 Å². The first-order chi connectivity index (χ1) is 16.3. The van der Waals surface area contributed by atoms with E-state index in [1.54, 1.807) is 0 Å². The quantitative estimate of drug-likeness (QED) is 0.130. The van der Waals surface area contributed by atoms with Gasteiger partial charge in [0.05, 0.1) is 12.5 Å². The number of nitrogens with one attached hydrogen (secondary N) is 3. The van der Waals surface area contributed by atoms with Crippen molar-refractivity contribution < 1.29 is 39.0 Å². The summed E-state index contributed by atoms with van der Waals surface area (Å²) in [6, 6.07) is 0.498. The summed E-state index contributed by atoms with van der Waals surface area (Å²) in [4.78, 5) is 71.0. The van der Waals surface area contributed by atoms with Crippen molar-refractivity contribution in [3.8, 4) is 5.75 Å². The summed E-state index contributed by atoms with van der Waals surface area (Å²) < 4.78 is 0. The number of carbonyl (C=O) groups excluding carboxylic acids is 5. The van der Waals surface area contributed by atoms with Crippen LogP contribution in [-0.4, -0.2) is 69.9 Å². The smallest absolute Gasteiger partial charge is 0.326 e. The number of amides is 5. The second-order valence-electron chi connectivity index (χ2n) is 7.84. The van der Waals surface area contributed by atoms with Crippen LogP contribution in [0.5, 0.6) is 5.75 Å². The number of hydrogen-bond donors (Lipinski definition) is 8. The molecule has 0 saturated heterocycles. The molecule has 0 aromatic heterocycles. The Morgan fingerprint density at radius 1 is 0.857 bits per heavy atom. The number of hydrogen-bond acceptors (Lipinski definition) is 8. The summed E-state index contributed by atoms with van der Waals surface area (Å²) in [5, 5.41) is 25.6. The van der Waals surface area contributed by atoms with Crippen LogP contribution in [0.3, 0.4) is 0 Å². The van der Waals surface area contributed by atoms with Crippen LogP contribution >= 0.6 is 0 Å². The molecule has 0 bridgehead atoms. The minimum Gasteiger partial charge on any atom is -0.508 e. The van der Waals surface area contributed by atoms with Crippen LogP contribution in [-0.2, 0) is 35.2 Å². The summed E-state index contributed by atoms with van der Waals surface area (Å²) in [6.07, 6.45) is -0.936. The minimum absolute atomic E-state index is 0.0299. The average Bonchev–Trinajstić information content (AvgIpc) is 2.77.